The van der Waals surface area contributed by atoms with E-state index in [1.165, 1.54) is 29.0 Å². The maximum Gasteiger partial charge on any atom is 0.271 e. The summed E-state index contributed by atoms with van der Waals surface area (Å²) in [6.45, 7) is 4.10. The number of nitrogens with zero attached hydrogens (tertiary/aromatic N) is 2. The highest BCUT2D eigenvalue weighted by Crippen LogP contribution is 2.41. The first kappa shape index (κ1) is 22.4. The molecule has 0 bridgehead atoms. The zero-order valence-electron chi connectivity index (χ0n) is 19.5. The van der Waals surface area contributed by atoms with Gasteiger partial charge >= 0.3 is 0 Å². The largest absolute Gasteiger partial charge is 0.490 e. The molecule has 6 heteroatoms. The average Bonchev–Trinajstić information content (AvgIpc) is 3.21. The van der Waals surface area contributed by atoms with Gasteiger partial charge < -0.3 is 4.74 Å². The Hall–Kier alpha value is -4.03. The van der Waals surface area contributed by atoms with Crippen molar-refractivity contribution in [3.63, 3.8) is 0 Å². The lowest BCUT2D eigenvalue weighted by Crippen LogP contribution is -2.38. The molecule has 1 aliphatic carbocycles. The van der Waals surface area contributed by atoms with Gasteiger partial charge in [0.25, 0.3) is 5.56 Å². The predicted molar refractivity (Wildman–Crippen MR) is 141 cm³/mol. The van der Waals surface area contributed by atoms with E-state index in [1.807, 2.05) is 42.5 Å². The molecule has 4 nitrogen and oxygen atoms in total. The highest BCUT2D eigenvalue weighted by Gasteiger charge is 2.32. The Morgan fingerprint density at radius 2 is 1.92 bits per heavy atom. The van der Waals surface area contributed by atoms with Crippen LogP contribution >= 0.6 is 11.3 Å². The third-order valence-electron chi connectivity index (χ3n) is 6.58. The van der Waals surface area contributed by atoms with Gasteiger partial charge in [0.05, 0.1) is 16.3 Å². The van der Waals surface area contributed by atoms with Crippen LogP contribution in [0.3, 0.4) is 0 Å². The molecule has 36 heavy (non-hydrogen) atoms. The molecule has 2 heterocycles. The van der Waals surface area contributed by atoms with E-state index in [1.54, 1.807) is 22.8 Å². The molecule has 0 saturated carbocycles. The molecular formula is C30H23FN2O2S. The average molecular weight is 495 g/mol. The van der Waals surface area contributed by atoms with Gasteiger partial charge in [-0.15, -0.1) is 0 Å². The van der Waals surface area contributed by atoms with Crippen molar-refractivity contribution in [2.75, 3.05) is 6.61 Å². The predicted octanol–water partition coefficient (Wildman–Crippen LogP) is 5.02. The number of aryl methyl sites for hydroxylation is 1. The van der Waals surface area contributed by atoms with Gasteiger partial charge in [0, 0.05) is 5.56 Å². The van der Waals surface area contributed by atoms with E-state index in [0.29, 0.717) is 21.7 Å². The molecule has 4 aromatic rings. The topological polar surface area (TPSA) is 43.6 Å². The third-order valence-corrected chi connectivity index (χ3v) is 7.57. The second-order valence-electron chi connectivity index (χ2n) is 8.84. The van der Waals surface area contributed by atoms with Crippen LogP contribution in [0, 0.1) is 5.82 Å². The highest BCUT2D eigenvalue weighted by molar-refractivity contribution is 7.07. The van der Waals surface area contributed by atoms with Crippen LogP contribution in [-0.2, 0) is 6.42 Å². The smallest absolute Gasteiger partial charge is 0.271 e. The Morgan fingerprint density at radius 1 is 1.08 bits per heavy atom. The summed E-state index contributed by atoms with van der Waals surface area (Å²) in [5.74, 6) is 0.417. The minimum absolute atomic E-state index is 0.101. The quantitative estimate of drug-likeness (QED) is 0.366. The van der Waals surface area contributed by atoms with Crippen LogP contribution in [0.2, 0.25) is 0 Å². The van der Waals surface area contributed by atoms with Gasteiger partial charge in [-0.1, -0.05) is 72.5 Å². The van der Waals surface area contributed by atoms with Crippen molar-refractivity contribution < 1.29 is 9.13 Å². The van der Waals surface area contributed by atoms with E-state index in [-0.39, 0.29) is 17.4 Å². The Morgan fingerprint density at radius 3 is 2.75 bits per heavy atom. The van der Waals surface area contributed by atoms with Crippen LogP contribution in [0.4, 0.5) is 4.39 Å². The normalized spacial score (nSPS) is 16.6. The Bertz CT molecular complexity index is 1700. The number of halogens is 1. The Labute approximate surface area is 211 Å². The number of aromatic nitrogens is 1. The van der Waals surface area contributed by atoms with E-state index in [4.69, 9.17) is 9.73 Å². The molecule has 0 fully saturated rings. The van der Waals surface area contributed by atoms with Gasteiger partial charge in [0.2, 0.25) is 0 Å². The van der Waals surface area contributed by atoms with Gasteiger partial charge in [-0.05, 0) is 65.4 Å². The van der Waals surface area contributed by atoms with E-state index in [9.17, 15) is 9.18 Å². The van der Waals surface area contributed by atoms with Crippen LogP contribution in [0.5, 0.6) is 5.75 Å². The summed E-state index contributed by atoms with van der Waals surface area (Å²) < 4.78 is 21.8. The number of fused-ring (bicyclic) bond motifs is 3. The molecular weight excluding hydrogens is 471 g/mol. The number of rotatable bonds is 5. The van der Waals surface area contributed by atoms with Gasteiger partial charge in [-0.2, -0.15) is 0 Å². The molecule has 2 aliphatic rings. The van der Waals surface area contributed by atoms with Crippen LogP contribution < -0.4 is 19.6 Å². The minimum Gasteiger partial charge on any atom is -0.490 e. The molecule has 1 aliphatic heterocycles. The highest BCUT2D eigenvalue weighted by atomic mass is 32.1. The third kappa shape index (κ3) is 3.93. The molecule has 0 spiro atoms. The Kier molecular flexibility index (Phi) is 5.74. The standard InChI is InChI=1S/C30H23FN2O2S/c1-2-16-35-23-8-5-6-19(17-23)18-26-29(34)33-28(21-10-13-22(31)14-11-21)25-15-12-20-7-3-4-9-24(20)27(25)32-30(33)36-26/h2-11,13-14,17-18,28H,1,12,15-16H2. The van der Waals surface area contributed by atoms with Crippen molar-refractivity contribution in [3.8, 4) is 5.75 Å². The van der Waals surface area contributed by atoms with Crippen molar-refractivity contribution in [2.45, 2.75) is 18.9 Å². The number of ether oxygens (including phenoxy) is 1. The van der Waals surface area contributed by atoms with E-state index >= 15 is 0 Å². The lowest BCUT2D eigenvalue weighted by atomic mass is 9.83. The summed E-state index contributed by atoms with van der Waals surface area (Å²) in [5, 5.41) is 0. The lowest BCUT2D eigenvalue weighted by molar-refractivity contribution is 0.363. The number of thiazole rings is 1. The number of benzene rings is 3. The first-order chi connectivity index (χ1) is 17.6. The van der Waals surface area contributed by atoms with Crippen LogP contribution in [0.15, 0.2) is 101 Å². The summed E-state index contributed by atoms with van der Waals surface area (Å²) in [4.78, 5) is 19.4. The van der Waals surface area contributed by atoms with Crippen LogP contribution in [0.25, 0.3) is 11.8 Å². The summed E-state index contributed by atoms with van der Waals surface area (Å²) in [6, 6.07) is 22.1. The molecule has 1 unspecified atom stereocenters. The summed E-state index contributed by atoms with van der Waals surface area (Å²) in [5.41, 5.74) is 6.04. The molecule has 3 aromatic carbocycles. The first-order valence-corrected chi connectivity index (χ1v) is 12.7. The fourth-order valence-electron chi connectivity index (χ4n) is 4.97. The maximum absolute atomic E-state index is 13.8. The fraction of sp³-hybridized carbons (Fsp3) is 0.133. The minimum atomic E-state index is -0.324. The SMILES string of the molecule is C=CCOc1cccc(C=c2sc3n(c2=O)C(c2ccc(F)cc2)C2=C(N=3)c3ccccc3CC2)c1. The van der Waals surface area contributed by atoms with Crippen LogP contribution in [-0.4, -0.2) is 11.2 Å². The van der Waals surface area contributed by atoms with Gasteiger partial charge in [-0.25, -0.2) is 9.38 Å². The molecule has 178 valence electrons. The Balaban J connectivity index is 1.55. The maximum atomic E-state index is 13.8. The zero-order valence-corrected chi connectivity index (χ0v) is 20.3. The molecule has 1 aromatic heterocycles. The summed E-state index contributed by atoms with van der Waals surface area (Å²) in [7, 11) is 0. The van der Waals surface area contributed by atoms with Crippen molar-refractivity contribution >= 4 is 23.1 Å². The van der Waals surface area contributed by atoms with Gasteiger partial charge in [0.15, 0.2) is 4.80 Å². The van der Waals surface area contributed by atoms with Crippen molar-refractivity contribution in [2.24, 2.45) is 4.99 Å². The first-order valence-electron chi connectivity index (χ1n) is 11.8. The van der Waals surface area contributed by atoms with E-state index in [2.05, 4.69) is 18.7 Å². The molecule has 0 amide bonds. The number of allylic oxidation sites excluding steroid dienone is 1. The van der Waals surface area contributed by atoms with Gasteiger partial charge in [0.1, 0.15) is 18.2 Å². The van der Waals surface area contributed by atoms with Crippen molar-refractivity contribution in [1.29, 1.82) is 0 Å². The summed E-state index contributed by atoms with van der Waals surface area (Å²) in [6.07, 6.45) is 5.25. The molecule has 0 saturated heterocycles. The molecule has 0 N–H and O–H groups in total. The van der Waals surface area contributed by atoms with Crippen molar-refractivity contribution in [3.05, 3.63) is 139 Å². The second-order valence-corrected chi connectivity index (χ2v) is 9.85. The van der Waals surface area contributed by atoms with Crippen molar-refractivity contribution in [1.82, 2.24) is 4.57 Å². The molecule has 6 rings (SSSR count). The van der Waals surface area contributed by atoms with E-state index < -0.39 is 0 Å². The zero-order chi connectivity index (χ0) is 24.6. The van der Waals surface area contributed by atoms with Crippen LogP contribution in [0.1, 0.15) is 34.7 Å². The molecule has 1 atom stereocenters. The number of hydrogen-bond acceptors (Lipinski definition) is 4. The fourth-order valence-corrected chi connectivity index (χ4v) is 5.97. The molecule has 0 radical (unpaired) electrons. The van der Waals surface area contributed by atoms with E-state index in [0.717, 1.165) is 40.8 Å². The monoisotopic (exact) mass is 494 g/mol. The lowest BCUT2D eigenvalue weighted by Gasteiger charge is -2.30. The second kappa shape index (κ2) is 9.21. The van der Waals surface area contributed by atoms with Gasteiger partial charge in [-0.3, -0.25) is 9.36 Å². The number of hydrogen-bond donors (Lipinski definition) is 0. The summed E-state index contributed by atoms with van der Waals surface area (Å²) >= 11 is 1.38.